The molecule has 0 saturated carbocycles. The predicted octanol–water partition coefficient (Wildman–Crippen LogP) is 3.72. The van der Waals surface area contributed by atoms with Crippen molar-refractivity contribution in [3.8, 4) is 0 Å². The summed E-state index contributed by atoms with van der Waals surface area (Å²) in [6.07, 6.45) is 6.68. The average molecular weight is 225 g/mol. The highest BCUT2D eigenvalue weighted by molar-refractivity contribution is 9.10. The SMILES string of the molecule is Brc1ccc2c(c1)CCCCC2. The van der Waals surface area contributed by atoms with Crippen molar-refractivity contribution in [1.29, 1.82) is 0 Å². The maximum Gasteiger partial charge on any atom is 0.0178 e. The minimum atomic E-state index is 1.23. The van der Waals surface area contributed by atoms with E-state index in [-0.39, 0.29) is 0 Å². The molecule has 2 rings (SSSR count). The summed E-state index contributed by atoms with van der Waals surface area (Å²) in [6, 6.07) is 6.70. The standard InChI is InChI=1S/C11H13Br/c12-11-7-6-9-4-2-1-3-5-10(9)8-11/h6-8H,1-5H2. The van der Waals surface area contributed by atoms with Gasteiger partial charge in [-0.3, -0.25) is 0 Å². The highest BCUT2D eigenvalue weighted by Gasteiger charge is 2.06. The van der Waals surface area contributed by atoms with Gasteiger partial charge in [0.05, 0.1) is 0 Å². The molecule has 0 heterocycles. The summed E-state index contributed by atoms with van der Waals surface area (Å²) in [7, 11) is 0. The summed E-state index contributed by atoms with van der Waals surface area (Å²) in [5, 5.41) is 0. The third-order valence-corrected chi connectivity index (χ3v) is 3.05. The summed E-state index contributed by atoms with van der Waals surface area (Å²) in [4.78, 5) is 0. The van der Waals surface area contributed by atoms with Gasteiger partial charge in [-0.1, -0.05) is 28.4 Å². The molecule has 0 saturated heterocycles. The summed E-state index contributed by atoms with van der Waals surface area (Å²) >= 11 is 3.52. The molecule has 0 radical (unpaired) electrons. The van der Waals surface area contributed by atoms with E-state index in [1.807, 2.05) is 0 Å². The predicted molar refractivity (Wildman–Crippen MR) is 55.4 cm³/mol. The van der Waals surface area contributed by atoms with E-state index in [0.717, 1.165) is 0 Å². The fourth-order valence-corrected chi connectivity index (χ4v) is 2.29. The minimum Gasteiger partial charge on any atom is -0.0576 e. The zero-order chi connectivity index (χ0) is 8.39. The molecule has 64 valence electrons. The van der Waals surface area contributed by atoms with Crippen molar-refractivity contribution in [2.75, 3.05) is 0 Å². The third kappa shape index (κ3) is 1.71. The Labute approximate surface area is 82.1 Å². The molecule has 0 unspecified atom stereocenters. The average Bonchev–Trinajstić information content (AvgIpc) is 2.28. The monoisotopic (exact) mass is 224 g/mol. The van der Waals surface area contributed by atoms with E-state index in [0.29, 0.717) is 0 Å². The Morgan fingerprint density at radius 2 is 1.67 bits per heavy atom. The van der Waals surface area contributed by atoms with Crippen LogP contribution in [0.25, 0.3) is 0 Å². The topological polar surface area (TPSA) is 0 Å². The van der Waals surface area contributed by atoms with Crippen LogP contribution in [0.3, 0.4) is 0 Å². The van der Waals surface area contributed by atoms with Gasteiger partial charge < -0.3 is 0 Å². The van der Waals surface area contributed by atoms with E-state index in [2.05, 4.69) is 34.1 Å². The van der Waals surface area contributed by atoms with E-state index in [9.17, 15) is 0 Å². The van der Waals surface area contributed by atoms with Crippen molar-refractivity contribution in [1.82, 2.24) is 0 Å². The van der Waals surface area contributed by atoms with Gasteiger partial charge in [-0.05, 0) is 48.9 Å². The molecule has 0 aromatic heterocycles. The van der Waals surface area contributed by atoms with Crippen molar-refractivity contribution in [3.63, 3.8) is 0 Å². The highest BCUT2D eigenvalue weighted by atomic mass is 79.9. The molecule has 0 N–H and O–H groups in total. The lowest BCUT2D eigenvalue weighted by Crippen LogP contribution is -1.89. The second-order valence-corrected chi connectivity index (χ2v) is 4.39. The second-order valence-electron chi connectivity index (χ2n) is 3.47. The summed E-state index contributed by atoms with van der Waals surface area (Å²) in [6.45, 7) is 0. The number of aryl methyl sites for hydroxylation is 2. The molecule has 1 aromatic carbocycles. The Balaban J connectivity index is 2.36. The van der Waals surface area contributed by atoms with Crippen LogP contribution in [0.2, 0.25) is 0 Å². The van der Waals surface area contributed by atoms with E-state index in [1.165, 1.54) is 36.6 Å². The molecular weight excluding hydrogens is 212 g/mol. The van der Waals surface area contributed by atoms with Gasteiger partial charge in [0, 0.05) is 4.47 Å². The lowest BCUT2D eigenvalue weighted by Gasteiger charge is -2.04. The lowest BCUT2D eigenvalue weighted by molar-refractivity contribution is 0.711. The van der Waals surface area contributed by atoms with Crippen LogP contribution in [-0.2, 0) is 12.8 Å². The Morgan fingerprint density at radius 1 is 0.917 bits per heavy atom. The molecule has 1 aliphatic carbocycles. The molecule has 12 heavy (non-hydrogen) atoms. The largest absolute Gasteiger partial charge is 0.0576 e. The molecule has 0 nitrogen and oxygen atoms in total. The van der Waals surface area contributed by atoms with Crippen LogP contribution in [0.5, 0.6) is 0 Å². The normalized spacial score (nSPS) is 16.8. The summed E-state index contributed by atoms with van der Waals surface area (Å²) in [5.74, 6) is 0. The van der Waals surface area contributed by atoms with Crippen molar-refractivity contribution in [2.24, 2.45) is 0 Å². The molecular formula is C11H13Br. The third-order valence-electron chi connectivity index (χ3n) is 2.56. The Hall–Kier alpha value is -0.300. The molecule has 0 atom stereocenters. The van der Waals surface area contributed by atoms with Gasteiger partial charge in [-0.15, -0.1) is 0 Å². The van der Waals surface area contributed by atoms with Gasteiger partial charge in [0.1, 0.15) is 0 Å². The molecule has 0 spiro atoms. The van der Waals surface area contributed by atoms with E-state index in [4.69, 9.17) is 0 Å². The van der Waals surface area contributed by atoms with Crippen molar-refractivity contribution < 1.29 is 0 Å². The number of halogens is 1. The summed E-state index contributed by atoms with van der Waals surface area (Å²) in [5.41, 5.74) is 3.12. The van der Waals surface area contributed by atoms with E-state index >= 15 is 0 Å². The van der Waals surface area contributed by atoms with Crippen LogP contribution in [0.1, 0.15) is 30.4 Å². The Kier molecular flexibility index (Phi) is 2.50. The fraction of sp³-hybridized carbons (Fsp3) is 0.455. The molecule has 1 aliphatic rings. The van der Waals surface area contributed by atoms with E-state index < -0.39 is 0 Å². The molecule has 1 heteroatoms. The number of rotatable bonds is 0. The van der Waals surface area contributed by atoms with Gasteiger partial charge in [-0.2, -0.15) is 0 Å². The van der Waals surface area contributed by atoms with Crippen LogP contribution in [0.15, 0.2) is 22.7 Å². The first-order chi connectivity index (χ1) is 5.86. The first-order valence-electron chi connectivity index (χ1n) is 4.63. The number of fused-ring (bicyclic) bond motifs is 1. The summed E-state index contributed by atoms with van der Waals surface area (Å²) < 4.78 is 1.23. The number of benzene rings is 1. The Morgan fingerprint density at radius 3 is 2.50 bits per heavy atom. The quantitative estimate of drug-likeness (QED) is 0.590. The van der Waals surface area contributed by atoms with Gasteiger partial charge in [0.15, 0.2) is 0 Å². The van der Waals surface area contributed by atoms with Crippen LogP contribution >= 0.6 is 15.9 Å². The molecule has 1 aromatic rings. The van der Waals surface area contributed by atoms with Gasteiger partial charge in [0.25, 0.3) is 0 Å². The Bertz CT molecular complexity index is 278. The van der Waals surface area contributed by atoms with Crippen LogP contribution in [-0.4, -0.2) is 0 Å². The zero-order valence-corrected chi connectivity index (χ0v) is 8.73. The smallest absolute Gasteiger partial charge is 0.0178 e. The number of hydrogen-bond donors (Lipinski definition) is 0. The molecule has 0 fully saturated rings. The number of hydrogen-bond acceptors (Lipinski definition) is 0. The molecule has 0 aliphatic heterocycles. The maximum atomic E-state index is 3.52. The van der Waals surface area contributed by atoms with Gasteiger partial charge in [0.2, 0.25) is 0 Å². The van der Waals surface area contributed by atoms with Crippen molar-refractivity contribution in [3.05, 3.63) is 33.8 Å². The van der Waals surface area contributed by atoms with Gasteiger partial charge in [-0.25, -0.2) is 0 Å². The second kappa shape index (κ2) is 3.61. The first-order valence-corrected chi connectivity index (χ1v) is 5.43. The van der Waals surface area contributed by atoms with Crippen LogP contribution in [0.4, 0.5) is 0 Å². The van der Waals surface area contributed by atoms with Crippen molar-refractivity contribution >= 4 is 15.9 Å². The zero-order valence-electron chi connectivity index (χ0n) is 7.15. The lowest BCUT2D eigenvalue weighted by atomic mass is 10.0. The van der Waals surface area contributed by atoms with Crippen LogP contribution < -0.4 is 0 Å². The first kappa shape index (κ1) is 8.31. The minimum absolute atomic E-state index is 1.23. The molecule has 0 amide bonds. The van der Waals surface area contributed by atoms with E-state index in [1.54, 1.807) is 11.1 Å². The maximum absolute atomic E-state index is 3.52. The van der Waals surface area contributed by atoms with Crippen LogP contribution in [0, 0.1) is 0 Å². The van der Waals surface area contributed by atoms with Crippen molar-refractivity contribution in [2.45, 2.75) is 32.1 Å². The van der Waals surface area contributed by atoms with Gasteiger partial charge >= 0.3 is 0 Å². The molecule has 0 bridgehead atoms. The highest BCUT2D eigenvalue weighted by Crippen LogP contribution is 2.23. The fourth-order valence-electron chi connectivity index (χ4n) is 1.88.